The zero-order valence-electron chi connectivity index (χ0n) is 10.3. The van der Waals surface area contributed by atoms with Crippen LogP contribution in [0.25, 0.3) is 0 Å². The van der Waals surface area contributed by atoms with E-state index in [0.29, 0.717) is 36.8 Å². The Bertz CT molecular complexity index is 398. The third kappa shape index (κ3) is 4.77. The number of aromatic nitrogens is 1. The van der Waals surface area contributed by atoms with Crippen LogP contribution >= 0.6 is 12.2 Å². The molecule has 0 radical (unpaired) electrons. The molecular weight excluding hydrogens is 250 g/mol. The van der Waals surface area contributed by atoms with Gasteiger partial charge in [-0.15, -0.1) is 0 Å². The van der Waals surface area contributed by atoms with Crippen LogP contribution in [-0.4, -0.2) is 47.6 Å². The lowest BCUT2D eigenvalue weighted by molar-refractivity contribution is 0.0695. The second-order valence-electron chi connectivity index (χ2n) is 3.72. The highest BCUT2D eigenvalue weighted by atomic mass is 32.1. The van der Waals surface area contributed by atoms with Crippen LogP contribution in [0, 0.1) is 0 Å². The molecule has 1 aromatic heterocycles. The minimum atomic E-state index is -0.135. The molecule has 0 saturated carbocycles. The molecule has 6 heteroatoms. The first-order valence-electron chi connectivity index (χ1n) is 5.62. The van der Waals surface area contributed by atoms with Crippen molar-refractivity contribution >= 4 is 23.1 Å². The van der Waals surface area contributed by atoms with Gasteiger partial charge in [-0.05, 0) is 12.1 Å². The van der Waals surface area contributed by atoms with Crippen molar-refractivity contribution in [3.8, 4) is 0 Å². The van der Waals surface area contributed by atoms with E-state index < -0.39 is 0 Å². The Morgan fingerprint density at radius 2 is 2.28 bits per heavy atom. The van der Waals surface area contributed by atoms with Crippen molar-refractivity contribution in [3.63, 3.8) is 0 Å². The summed E-state index contributed by atoms with van der Waals surface area (Å²) in [6.07, 6.45) is 2.09. The van der Waals surface area contributed by atoms with E-state index in [1.165, 1.54) is 0 Å². The van der Waals surface area contributed by atoms with Crippen LogP contribution in [0.1, 0.15) is 16.9 Å². The molecule has 0 bridgehead atoms. The summed E-state index contributed by atoms with van der Waals surface area (Å²) in [6, 6.07) is 5.23. The summed E-state index contributed by atoms with van der Waals surface area (Å²) >= 11 is 4.82. The summed E-state index contributed by atoms with van der Waals surface area (Å²) in [4.78, 5) is 18.3. The standard InChI is InChI=1S/C12H17N3O2S/c1-17-9-8-15(7-5-11(13)18)12(16)10-4-2-3-6-14-10/h2-4,6H,5,7-9H2,1H3,(H2,13,18). The van der Waals surface area contributed by atoms with Gasteiger partial charge in [0.2, 0.25) is 0 Å². The maximum absolute atomic E-state index is 12.2. The van der Waals surface area contributed by atoms with Crippen molar-refractivity contribution in [3.05, 3.63) is 30.1 Å². The average molecular weight is 267 g/mol. The molecule has 5 nitrogen and oxygen atoms in total. The number of carbonyl (C=O) groups excluding carboxylic acids is 1. The van der Waals surface area contributed by atoms with Crippen molar-refractivity contribution in [2.24, 2.45) is 5.73 Å². The summed E-state index contributed by atoms with van der Waals surface area (Å²) in [7, 11) is 1.59. The molecule has 0 fully saturated rings. The molecule has 18 heavy (non-hydrogen) atoms. The van der Waals surface area contributed by atoms with Gasteiger partial charge in [0, 0.05) is 32.8 Å². The molecule has 2 N–H and O–H groups in total. The van der Waals surface area contributed by atoms with Gasteiger partial charge in [0.25, 0.3) is 5.91 Å². The van der Waals surface area contributed by atoms with Crippen molar-refractivity contribution in [2.75, 3.05) is 26.8 Å². The van der Waals surface area contributed by atoms with Crippen LogP contribution in [-0.2, 0) is 4.74 Å². The molecule has 1 amide bonds. The van der Waals surface area contributed by atoms with Gasteiger partial charge in [0.05, 0.1) is 11.6 Å². The quantitative estimate of drug-likeness (QED) is 0.742. The minimum absolute atomic E-state index is 0.135. The fourth-order valence-corrected chi connectivity index (χ4v) is 1.50. The lowest BCUT2D eigenvalue weighted by Gasteiger charge is -2.21. The molecule has 0 saturated heterocycles. The maximum Gasteiger partial charge on any atom is 0.272 e. The number of ether oxygens (including phenoxy) is 1. The van der Waals surface area contributed by atoms with E-state index in [1.54, 1.807) is 36.4 Å². The molecule has 1 aromatic rings. The van der Waals surface area contributed by atoms with Crippen LogP contribution in [0.5, 0.6) is 0 Å². The predicted molar refractivity (Wildman–Crippen MR) is 73.4 cm³/mol. The maximum atomic E-state index is 12.2. The number of carbonyl (C=O) groups is 1. The number of hydrogen-bond donors (Lipinski definition) is 1. The minimum Gasteiger partial charge on any atom is -0.393 e. The summed E-state index contributed by atoms with van der Waals surface area (Å²) in [5, 5.41) is 0. The van der Waals surface area contributed by atoms with Gasteiger partial charge in [0.15, 0.2) is 0 Å². The Kier molecular flexibility index (Phi) is 6.24. The normalized spacial score (nSPS) is 10.1. The molecule has 0 atom stereocenters. The highest BCUT2D eigenvalue weighted by Crippen LogP contribution is 2.02. The first-order valence-corrected chi connectivity index (χ1v) is 6.03. The largest absolute Gasteiger partial charge is 0.393 e. The SMILES string of the molecule is COCCN(CCC(N)=S)C(=O)c1ccccn1. The monoisotopic (exact) mass is 267 g/mol. The van der Waals surface area contributed by atoms with E-state index in [9.17, 15) is 4.79 Å². The number of hydrogen-bond acceptors (Lipinski definition) is 4. The molecule has 0 aliphatic carbocycles. The Hall–Kier alpha value is -1.53. The fraction of sp³-hybridized carbons (Fsp3) is 0.417. The molecule has 0 aromatic carbocycles. The molecule has 0 aliphatic heterocycles. The van der Waals surface area contributed by atoms with Crippen molar-refractivity contribution in [2.45, 2.75) is 6.42 Å². The van der Waals surface area contributed by atoms with Crippen LogP contribution in [0.3, 0.4) is 0 Å². The van der Waals surface area contributed by atoms with Gasteiger partial charge in [0.1, 0.15) is 5.69 Å². The van der Waals surface area contributed by atoms with E-state index in [2.05, 4.69) is 4.98 Å². The molecular formula is C12H17N3O2S. The first-order chi connectivity index (χ1) is 8.65. The van der Waals surface area contributed by atoms with Gasteiger partial charge in [-0.1, -0.05) is 18.3 Å². The lowest BCUT2D eigenvalue weighted by Crippen LogP contribution is -2.36. The smallest absolute Gasteiger partial charge is 0.272 e. The van der Waals surface area contributed by atoms with Gasteiger partial charge in [-0.25, -0.2) is 0 Å². The summed E-state index contributed by atoms with van der Waals surface area (Å²) in [6.45, 7) is 1.44. The average Bonchev–Trinajstić information content (AvgIpc) is 2.39. The van der Waals surface area contributed by atoms with E-state index in [4.69, 9.17) is 22.7 Å². The van der Waals surface area contributed by atoms with E-state index in [0.717, 1.165) is 0 Å². The van der Waals surface area contributed by atoms with Crippen molar-refractivity contribution in [1.82, 2.24) is 9.88 Å². The molecule has 1 rings (SSSR count). The first kappa shape index (κ1) is 14.5. The summed E-state index contributed by atoms with van der Waals surface area (Å²) in [5.41, 5.74) is 5.87. The number of amides is 1. The van der Waals surface area contributed by atoms with Crippen LogP contribution in [0.4, 0.5) is 0 Å². The topological polar surface area (TPSA) is 68.5 Å². The Balaban J connectivity index is 2.69. The second-order valence-corrected chi connectivity index (χ2v) is 4.24. The Morgan fingerprint density at radius 3 is 2.83 bits per heavy atom. The van der Waals surface area contributed by atoms with Crippen LogP contribution in [0.15, 0.2) is 24.4 Å². The van der Waals surface area contributed by atoms with Crippen LogP contribution < -0.4 is 5.73 Å². The van der Waals surface area contributed by atoms with E-state index in [1.807, 2.05) is 0 Å². The number of rotatable bonds is 7. The Labute approximate surface area is 112 Å². The molecule has 0 spiro atoms. The summed E-state index contributed by atoms with van der Waals surface area (Å²) < 4.78 is 4.99. The predicted octanol–water partition coefficient (Wildman–Crippen LogP) is 0.846. The van der Waals surface area contributed by atoms with E-state index in [-0.39, 0.29) is 5.91 Å². The molecule has 98 valence electrons. The number of nitrogens with zero attached hydrogens (tertiary/aromatic N) is 2. The van der Waals surface area contributed by atoms with Gasteiger partial charge in [-0.3, -0.25) is 9.78 Å². The van der Waals surface area contributed by atoms with E-state index >= 15 is 0 Å². The zero-order valence-corrected chi connectivity index (χ0v) is 11.2. The van der Waals surface area contributed by atoms with Crippen LogP contribution in [0.2, 0.25) is 0 Å². The highest BCUT2D eigenvalue weighted by Gasteiger charge is 2.16. The third-order valence-corrected chi connectivity index (χ3v) is 2.57. The molecule has 0 aliphatic rings. The van der Waals surface area contributed by atoms with Gasteiger partial charge < -0.3 is 15.4 Å². The lowest BCUT2D eigenvalue weighted by atomic mass is 10.3. The van der Waals surface area contributed by atoms with Crippen molar-refractivity contribution in [1.29, 1.82) is 0 Å². The number of thiocarbonyl (C=S) groups is 1. The number of pyridine rings is 1. The number of nitrogens with two attached hydrogens (primary N) is 1. The molecule has 1 heterocycles. The highest BCUT2D eigenvalue weighted by molar-refractivity contribution is 7.80. The second kappa shape index (κ2) is 7.73. The van der Waals surface area contributed by atoms with Crippen molar-refractivity contribution < 1.29 is 9.53 Å². The number of methoxy groups -OCH3 is 1. The summed E-state index contributed by atoms with van der Waals surface area (Å²) in [5.74, 6) is -0.135. The molecule has 0 unspecified atom stereocenters. The van der Waals surface area contributed by atoms with Gasteiger partial charge >= 0.3 is 0 Å². The third-order valence-electron chi connectivity index (χ3n) is 2.36. The fourth-order valence-electron chi connectivity index (χ4n) is 1.41. The zero-order chi connectivity index (χ0) is 13.4. The van der Waals surface area contributed by atoms with Gasteiger partial charge in [-0.2, -0.15) is 0 Å². The Morgan fingerprint density at radius 1 is 1.50 bits per heavy atom.